The molecule has 4 nitrogen and oxygen atoms in total. The van der Waals surface area contributed by atoms with Gasteiger partial charge in [0.15, 0.2) is 0 Å². The van der Waals surface area contributed by atoms with Crippen LogP contribution in [0.3, 0.4) is 0 Å². The Kier molecular flexibility index (Phi) is 5.29. The van der Waals surface area contributed by atoms with Crippen molar-refractivity contribution in [2.75, 3.05) is 20.8 Å². The van der Waals surface area contributed by atoms with Crippen molar-refractivity contribution in [3.63, 3.8) is 0 Å². The third-order valence-electron chi connectivity index (χ3n) is 4.00. The van der Waals surface area contributed by atoms with E-state index < -0.39 is 0 Å². The van der Waals surface area contributed by atoms with Gasteiger partial charge in [-0.25, -0.2) is 0 Å². The predicted octanol–water partition coefficient (Wildman–Crippen LogP) is 3.28. The number of methoxy groups -OCH3 is 2. The largest absolute Gasteiger partial charge is 0.495 e. The van der Waals surface area contributed by atoms with E-state index in [-0.39, 0.29) is 12.1 Å². The van der Waals surface area contributed by atoms with Gasteiger partial charge in [0.1, 0.15) is 16.0 Å². The van der Waals surface area contributed by atoms with Gasteiger partial charge in [-0.1, -0.05) is 6.92 Å². The fourth-order valence-electron chi connectivity index (χ4n) is 2.91. The molecule has 112 valence electrons. The third-order valence-corrected chi connectivity index (χ3v) is 4.75. The molecule has 1 aliphatic heterocycles. The van der Waals surface area contributed by atoms with Gasteiger partial charge in [-0.05, 0) is 40.9 Å². The molecule has 1 aliphatic rings. The van der Waals surface area contributed by atoms with Crippen molar-refractivity contribution in [1.29, 1.82) is 0 Å². The second-order valence-electron chi connectivity index (χ2n) is 5.00. The zero-order valence-corrected chi connectivity index (χ0v) is 13.8. The normalized spacial score (nSPS) is 23.6. The van der Waals surface area contributed by atoms with E-state index in [1.54, 1.807) is 14.2 Å². The number of ether oxygens (including phenoxy) is 3. The number of nitrogens with two attached hydrogens (primary N) is 1. The van der Waals surface area contributed by atoms with Crippen molar-refractivity contribution in [2.45, 2.75) is 31.9 Å². The van der Waals surface area contributed by atoms with Gasteiger partial charge in [0.25, 0.3) is 0 Å². The predicted molar refractivity (Wildman–Crippen MR) is 82.3 cm³/mol. The van der Waals surface area contributed by atoms with Crippen LogP contribution in [0, 0.1) is 5.92 Å². The fourth-order valence-corrected chi connectivity index (χ4v) is 3.59. The molecule has 1 saturated heterocycles. The smallest absolute Gasteiger partial charge is 0.141 e. The van der Waals surface area contributed by atoms with Gasteiger partial charge in [0, 0.05) is 24.1 Å². The summed E-state index contributed by atoms with van der Waals surface area (Å²) >= 11 is 3.52. The van der Waals surface area contributed by atoms with Crippen molar-refractivity contribution in [1.82, 2.24) is 0 Å². The lowest BCUT2D eigenvalue weighted by atomic mass is 9.87. The maximum atomic E-state index is 6.48. The molecule has 1 heterocycles. The average Bonchev–Trinajstić information content (AvgIpc) is 2.94. The molecule has 1 fully saturated rings. The highest BCUT2D eigenvalue weighted by molar-refractivity contribution is 9.10. The van der Waals surface area contributed by atoms with E-state index in [2.05, 4.69) is 22.9 Å². The minimum Gasteiger partial charge on any atom is -0.495 e. The maximum absolute atomic E-state index is 6.48. The Hall–Kier alpha value is -0.780. The van der Waals surface area contributed by atoms with E-state index in [0.717, 1.165) is 41.0 Å². The summed E-state index contributed by atoms with van der Waals surface area (Å²) in [5.74, 6) is 1.82. The van der Waals surface area contributed by atoms with Crippen LogP contribution >= 0.6 is 15.9 Å². The van der Waals surface area contributed by atoms with Crippen LogP contribution in [0.15, 0.2) is 16.6 Å². The number of halogens is 1. The molecule has 2 rings (SSSR count). The summed E-state index contributed by atoms with van der Waals surface area (Å²) < 4.78 is 17.4. The quantitative estimate of drug-likeness (QED) is 0.891. The molecule has 3 atom stereocenters. The molecule has 0 aliphatic carbocycles. The summed E-state index contributed by atoms with van der Waals surface area (Å²) in [4.78, 5) is 0. The summed E-state index contributed by atoms with van der Waals surface area (Å²) in [7, 11) is 3.29. The Morgan fingerprint density at radius 3 is 2.75 bits per heavy atom. The molecular formula is C15H22BrNO3. The SMILES string of the molecule is CCC1OCCC1C(N)c1ccc(OC)c(Br)c1OC. The summed E-state index contributed by atoms with van der Waals surface area (Å²) in [6.45, 7) is 2.92. The number of benzene rings is 1. The van der Waals surface area contributed by atoms with Gasteiger partial charge < -0.3 is 19.9 Å². The molecule has 2 N–H and O–H groups in total. The molecule has 0 saturated carbocycles. The van der Waals surface area contributed by atoms with Crippen LogP contribution in [0.2, 0.25) is 0 Å². The Morgan fingerprint density at radius 2 is 2.15 bits per heavy atom. The molecule has 3 unspecified atom stereocenters. The Balaban J connectivity index is 2.34. The minimum atomic E-state index is -0.0976. The average molecular weight is 344 g/mol. The highest BCUT2D eigenvalue weighted by atomic mass is 79.9. The fraction of sp³-hybridized carbons (Fsp3) is 0.600. The summed E-state index contributed by atoms with van der Waals surface area (Å²) in [5, 5.41) is 0. The Labute approximate surface area is 128 Å². The first-order valence-electron chi connectivity index (χ1n) is 6.91. The molecule has 0 aromatic heterocycles. The van der Waals surface area contributed by atoms with Crippen molar-refractivity contribution >= 4 is 15.9 Å². The molecule has 0 radical (unpaired) electrons. The standard InChI is InChI=1S/C15H22BrNO3/c1-4-11-9(7-8-20-11)14(17)10-5-6-12(18-2)13(16)15(10)19-3/h5-6,9,11,14H,4,7-8,17H2,1-3H3. The van der Waals surface area contributed by atoms with Gasteiger partial charge in [0.05, 0.1) is 20.3 Å². The summed E-state index contributed by atoms with van der Waals surface area (Å²) in [6.07, 6.45) is 2.21. The van der Waals surface area contributed by atoms with Crippen LogP contribution in [0.4, 0.5) is 0 Å². The second-order valence-corrected chi connectivity index (χ2v) is 5.79. The van der Waals surface area contributed by atoms with Crippen molar-refractivity contribution in [2.24, 2.45) is 11.7 Å². The number of hydrogen-bond donors (Lipinski definition) is 1. The van der Waals surface area contributed by atoms with E-state index in [9.17, 15) is 0 Å². The van der Waals surface area contributed by atoms with Gasteiger partial charge >= 0.3 is 0 Å². The molecule has 20 heavy (non-hydrogen) atoms. The van der Waals surface area contributed by atoms with E-state index in [1.807, 2.05) is 12.1 Å². The van der Waals surface area contributed by atoms with Gasteiger partial charge in [0.2, 0.25) is 0 Å². The number of rotatable bonds is 5. The molecule has 1 aromatic rings. The highest BCUT2D eigenvalue weighted by Crippen LogP contribution is 2.43. The van der Waals surface area contributed by atoms with Gasteiger partial charge in [-0.3, -0.25) is 0 Å². The first kappa shape index (κ1) is 15.6. The van der Waals surface area contributed by atoms with Crippen LogP contribution in [0.1, 0.15) is 31.4 Å². The maximum Gasteiger partial charge on any atom is 0.141 e. The van der Waals surface area contributed by atoms with E-state index in [0.29, 0.717) is 5.92 Å². The Morgan fingerprint density at radius 1 is 1.40 bits per heavy atom. The lowest BCUT2D eigenvalue weighted by molar-refractivity contribution is 0.0811. The van der Waals surface area contributed by atoms with Crippen molar-refractivity contribution in [3.8, 4) is 11.5 Å². The number of hydrogen-bond acceptors (Lipinski definition) is 4. The highest BCUT2D eigenvalue weighted by Gasteiger charge is 2.34. The Bertz CT molecular complexity index is 467. The summed E-state index contributed by atoms with van der Waals surface area (Å²) in [5.41, 5.74) is 7.48. The monoisotopic (exact) mass is 343 g/mol. The topological polar surface area (TPSA) is 53.7 Å². The molecule has 0 bridgehead atoms. The van der Waals surface area contributed by atoms with Crippen LogP contribution in [0.25, 0.3) is 0 Å². The van der Waals surface area contributed by atoms with Crippen LogP contribution in [0.5, 0.6) is 11.5 Å². The van der Waals surface area contributed by atoms with Crippen LogP contribution in [-0.4, -0.2) is 26.9 Å². The lowest BCUT2D eigenvalue weighted by Gasteiger charge is -2.26. The van der Waals surface area contributed by atoms with Crippen molar-refractivity contribution < 1.29 is 14.2 Å². The second kappa shape index (κ2) is 6.78. The molecule has 0 amide bonds. The zero-order valence-electron chi connectivity index (χ0n) is 12.2. The van der Waals surface area contributed by atoms with E-state index in [1.165, 1.54) is 0 Å². The molecule has 1 aromatic carbocycles. The lowest BCUT2D eigenvalue weighted by Crippen LogP contribution is -2.28. The summed E-state index contributed by atoms with van der Waals surface area (Å²) in [6, 6.07) is 3.80. The first-order valence-corrected chi connectivity index (χ1v) is 7.70. The van der Waals surface area contributed by atoms with E-state index in [4.69, 9.17) is 19.9 Å². The first-order chi connectivity index (χ1) is 9.63. The zero-order chi connectivity index (χ0) is 14.7. The van der Waals surface area contributed by atoms with Crippen molar-refractivity contribution in [3.05, 3.63) is 22.2 Å². The van der Waals surface area contributed by atoms with Crippen LogP contribution < -0.4 is 15.2 Å². The molecular weight excluding hydrogens is 322 g/mol. The third kappa shape index (κ3) is 2.80. The van der Waals surface area contributed by atoms with Gasteiger partial charge in [-0.15, -0.1) is 0 Å². The van der Waals surface area contributed by atoms with Crippen LogP contribution in [-0.2, 0) is 4.74 Å². The molecule has 0 spiro atoms. The minimum absolute atomic E-state index is 0.0976. The molecule has 5 heteroatoms. The van der Waals surface area contributed by atoms with Gasteiger partial charge in [-0.2, -0.15) is 0 Å². The van der Waals surface area contributed by atoms with E-state index >= 15 is 0 Å².